The van der Waals surface area contributed by atoms with E-state index in [0.717, 1.165) is 38.1 Å². The summed E-state index contributed by atoms with van der Waals surface area (Å²) < 4.78 is 11.1. The fourth-order valence-electron chi connectivity index (χ4n) is 3.33. The molecule has 0 N–H and O–H groups in total. The predicted molar refractivity (Wildman–Crippen MR) is 72.1 cm³/mol. The number of hydrogen-bond acceptors (Lipinski definition) is 5. The van der Waals surface area contributed by atoms with Crippen LogP contribution in [0.3, 0.4) is 0 Å². The predicted octanol–water partition coefficient (Wildman–Crippen LogP) is 2.41. The van der Waals surface area contributed by atoms with Gasteiger partial charge in [-0.15, -0.1) is 5.10 Å². The van der Waals surface area contributed by atoms with E-state index in [9.17, 15) is 0 Å². The molecular formula is C14H23N3O2. The molecule has 5 heteroatoms. The van der Waals surface area contributed by atoms with Crippen molar-refractivity contribution in [2.75, 3.05) is 31.2 Å². The highest BCUT2D eigenvalue weighted by Gasteiger charge is 2.29. The number of rotatable bonds is 2. The molecule has 2 aliphatic rings. The van der Waals surface area contributed by atoms with Crippen molar-refractivity contribution in [3.63, 3.8) is 0 Å². The minimum Gasteiger partial charge on any atom is -0.408 e. The Morgan fingerprint density at radius 2 is 1.89 bits per heavy atom. The van der Waals surface area contributed by atoms with E-state index >= 15 is 0 Å². The molecule has 3 rings (SSSR count). The van der Waals surface area contributed by atoms with Crippen molar-refractivity contribution >= 4 is 6.01 Å². The Hall–Kier alpha value is -1.10. The lowest BCUT2D eigenvalue weighted by Gasteiger charge is -2.31. The minimum absolute atomic E-state index is 0.655. The summed E-state index contributed by atoms with van der Waals surface area (Å²) in [6.45, 7) is 5.82. The van der Waals surface area contributed by atoms with E-state index in [2.05, 4.69) is 15.1 Å². The molecule has 19 heavy (non-hydrogen) atoms. The van der Waals surface area contributed by atoms with Crippen LogP contribution in [0.1, 0.15) is 38.0 Å². The van der Waals surface area contributed by atoms with Crippen LogP contribution in [0.4, 0.5) is 6.01 Å². The molecule has 0 aromatic carbocycles. The summed E-state index contributed by atoms with van der Waals surface area (Å²) in [6.07, 6.45) is 6.28. The van der Waals surface area contributed by atoms with Crippen molar-refractivity contribution < 1.29 is 9.15 Å². The molecule has 0 spiro atoms. The molecule has 0 radical (unpaired) electrons. The van der Waals surface area contributed by atoms with E-state index in [0.29, 0.717) is 11.9 Å². The highest BCUT2D eigenvalue weighted by molar-refractivity contribution is 5.24. The lowest BCUT2D eigenvalue weighted by Crippen LogP contribution is -2.34. The van der Waals surface area contributed by atoms with E-state index in [4.69, 9.17) is 9.15 Å². The topological polar surface area (TPSA) is 51.4 Å². The van der Waals surface area contributed by atoms with Crippen molar-refractivity contribution in [2.45, 2.75) is 39.0 Å². The summed E-state index contributed by atoms with van der Waals surface area (Å²) >= 11 is 0. The van der Waals surface area contributed by atoms with Crippen LogP contribution in [0.2, 0.25) is 0 Å². The van der Waals surface area contributed by atoms with Gasteiger partial charge in [0.2, 0.25) is 5.89 Å². The largest absolute Gasteiger partial charge is 0.408 e. The maximum atomic E-state index is 5.59. The van der Waals surface area contributed by atoms with E-state index in [1.54, 1.807) is 0 Å². The fraction of sp³-hybridized carbons (Fsp3) is 0.857. The molecule has 3 heterocycles. The quantitative estimate of drug-likeness (QED) is 0.822. The van der Waals surface area contributed by atoms with Gasteiger partial charge in [-0.25, -0.2) is 0 Å². The molecule has 1 atom stereocenters. The second-order valence-electron chi connectivity index (χ2n) is 5.76. The Bertz CT molecular complexity index is 401. The van der Waals surface area contributed by atoms with Gasteiger partial charge in [-0.05, 0) is 37.5 Å². The van der Waals surface area contributed by atoms with Crippen molar-refractivity contribution in [1.29, 1.82) is 0 Å². The van der Waals surface area contributed by atoms with Crippen LogP contribution < -0.4 is 4.90 Å². The number of hydrogen-bond donors (Lipinski definition) is 0. The number of aromatic nitrogens is 2. The molecule has 1 aromatic heterocycles. The molecule has 1 unspecified atom stereocenters. The Morgan fingerprint density at radius 1 is 1.05 bits per heavy atom. The highest BCUT2D eigenvalue weighted by Crippen LogP contribution is 2.31. The molecule has 0 aliphatic carbocycles. The summed E-state index contributed by atoms with van der Waals surface area (Å²) in [4.78, 5) is 2.28. The van der Waals surface area contributed by atoms with Crippen LogP contribution in [0.5, 0.6) is 0 Å². The van der Waals surface area contributed by atoms with Crippen LogP contribution in [-0.2, 0) is 4.74 Å². The van der Waals surface area contributed by atoms with Gasteiger partial charge in [0.15, 0.2) is 0 Å². The van der Waals surface area contributed by atoms with Crippen LogP contribution in [0.15, 0.2) is 4.42 Å². The van der Waals surface area contributed by atoms with Crippen molar-refractivity contribution in [1.82, 2.24) is 10.2 Å². The molecule has 2 aliphatic heterocycles. The van der Waals surface area contributed by atoms with Gasteiger partial charge in [-0.2, -0.15) is 0 Å². The molecule has 0 saturated carbocycles. The third-order valence-corrected chi connectivity index (χ3v) is 4.43. The van der Waals surface area contributed by atoms with Crippen LogP contribution in [0.25, 0.3) is 0 Å². The molecule has 106 valence electrons. The lowest BCUT2D eigenvalue weighted by atomic mass is 9.83. The Balaban J connectivity index is 1.68. The highest BCUT2D eigenvalue weighted by atomic mass is 16.5. The van der Waals surface area contributed by atoms with Gasteiger partial charge in [0, 0.05) is 33.2 Å². The van der Waals surface area contributed by atoms with Gasteiger partial charge >= 0.3 is 6.01 Å². The second kappa shape index (κ2) is 5.90. The van der Waals surface area contributed by atoms with Crippen LogP contribution >= 0.6 is 0 Å². The van der Waals surface area contributed by atoms with E-state index in [-0.39, 0.29) is 0 Å². The maximum absolute atomic E-state index is 5.59. The van der Waals surface area contributed by atoms with Gasteiger partial charge in [-0.1, -0.05) is 11.5 Å². The number of ether oxygens (including phenoxy) is 1. The Kier molecular flexibility index (Phi) is 4.01. The standard InChI is InChI=1S/C14H23N3O2/c1-11-15-16-14(19-11)17-7-3-2-4-13(10-17)12-5-8-18-9-6-12/h12-13H,2-10H2,1H3. The first kappa shape index (κ1) is 12.9. The Labute approximate surface area is 114 Å². The first-order valence-electron chi connectivity index (χ1n) is 7.46. The summed E-state index contributed by atoms with van der Waals surface area (Å²) in [7, 11) is 0. The van der Waals surface area contributed by atoms with Crippen LogP contribution in [0, 0.1) is 18.8 Å². The molecule has 0 bridgehead atoms. The summed E-state index contributed by atoms with van der Waals surface area (Å²) in [5, 5.41) is 8.13. The van der Waals surface area contributed by atoms with E-state index < -0.39 is 0 Å². The zero-order valence-corrected chi connectivity index (χ0v) is 11.7. The fourth-order valence-corrected chi connectivity index (χ4v) is 3.33. The van der Waals surface area contributed by atoms with Gasteiger partial charge < -0.3 is 14.1 Å². The summed E-state index contributed by atoms with van der Waals surface area (Å²) in [6, 6.07) is 0.705. The number of aryl methyl sites for hydroxylation is 1. The number of anilines is 1. The van der Waals surface area contributed by atoms with Crippen LogP contribution in [-0.4, -0.2) is 36.5 Å². The number of nitrogens with zero attached hydrogens (tertiary/aromatic N) is 3. The first-order valence-corrected chi connectivity index (χ1v) is 7.46. The monoisotopic (exact) mass is 265 g/mol. The van der Waals surface area contributed by atoms with Crippen molar-refractivity contribution in [3.05, 3.63) is 5.89 Å². The van der Waals surface area contributed by atoms with Gasteiger partial charge in [-0.3, -0.25) is 0 Å². The minimum atomic E-state index is 0.655. The zero-order chi connectivity index (χ0) is 13.1. The zero-order valence-electron chi connectivity index (χ0n) is 11.7. The molecular weight excluding hydrogens is 242 g/mol. The molecule has 5 nitrogen and oxygen atoms in total. The molecule has 2 fully saturated rings. The Morgan fingerprint density at radius 3 is 2.63 bits per heavy atom. The smallest absolute Gasteiger partial charge is 0.318 e. The second-order valence-corrected chi connectivity index (χ2v) is 5.76. The molecule has 0 amide bonds. The lowest BCUT2D eigenvalue weighted by molar-refractivity contribution is 0.0465. The first-order chi connectivity index (χ1) is 9.33. The van der Waals surface area contributed by atoms with E-state index in [1.165, 1.54) is 32.1 Å². The van der Waals surface area contributed by atoms with Crippen molar-refractivity contribution in [3.8, 4) is 0 Å². The van der Waals surface area contributed by atoms with Crippen molar-refractivity contribution in [2.24, 2.45) is 11.8 Å². The normalized spacial score (nSPS) is 26.4. The summed E-state index contributed by atoms with van der Waals surface area (Å²) in [5.41, 5.74) is 0. The average Bonchev–Trinajstić information content (AvgIpc) is 2.74. The average molecular weight is 265 g/mol. The molecule has 2 saturated heterocycles. The summed E-state index contributed by atoms with van der Waals surface area (Å²) in [5.74, 6) is 2.21. The van der Waals surface area contributed by atoms with E-state index in [1.807, 2.05) is 6.92 Å². The molecule has 1 aromatic rings. The van der Waals surface area contributed by atoms with Gasteiger partial charge in [0.05, 0.1) is 0 Å². The third-order valence-electron chi connectivity index (χ3n) is 4.43. The van der Waals surface area contributed by atoms with Gasteiger partial charge in [0.25, 0.3) is 0 Å². The third kappa shape index (κ3) is 3.08. The SMILES string of the molecule is Cc1nnc(N2CCCCC(C3CCOCC3)C2)o1. The van der Waals surface area contributed by atoms with Gasteiger partial charge in [0.1, 0.15) is 0 Å². The maximum Gasteiger partial charge on any atom is 0.318 e.